The Hall–Kier alpha value is -1.36. The molecule has 0 saturated carbocycles. The van der Waals surface area contributed by atoms with Crippen molar-refractivity contribution in [3.63, 3.8) is 0 Å². The van der Waals surface area contributed by atoms with Crippen LogP contribution in [0.4, 0.5) is 0 Å². The van der Waals surface area contributed by atoms with E-state index in [9.17, 15) is 4.79 Å². The molecule has 1 aliphatic rings. The van der Waals surface area contributed by atoms with Crippen molar-refractivity contribution in [3.8, 4) is 0 Å². The summed E-state index contributed by atoms with van der Waals surface area (Å²) in [5.74, 6) is 0.0441. The molecule has 0 bridgehead atoms. The Kier molecular flexibility index (Phi) is 2.96. The van der Waals surface area contributed by atoms with Gasteiger partial charge in [0.2, 0.25) is 0 Å². The third kappa shape index (κ3) is 1.95. The molecule has 1 saturated heterocycles. The van der Waals surface area contributed by atoms with E-state index in [1.165, 1.54) is 0 Å². The molecule has 16 heavy (non-hydrogen) atoms. The highest BCUT2D eigenvalue weighted by atomic mass is 16.2. The summed E-state index contributed by atoms with van der Waals surface area (Å²) in [6.07, 6.45) is 1.74. The minimum Gasteiger partial charge on any atom is -0.336 e. The molecule has 2 heterocycles. The van der Waals surface area contributed by atoms with Gasteiger partial charge >= 0.3 is 0 Å². The Morgan fingerprint density at radius 1 is 1.69 bits per heavy atom. The molecule has 1 aliphatic heterocycles. The fourth-order valence-electron chi connectivity index (χ4n) is 2.03. The fourth-order valence-corrected chi connectivity index (χ4v) is 2.03. The maximum atomic E-state index is 12.2. The summed E-state index contributed by atoms with van der Waals surface area (Å²) in [5.41, 5.74) is 7.41. The van der Waals surface area contributed by atoms with Crippen LogP contribution in [-0.4, -0.2) is 39.7 Å². The van der Waals surface area contributed by atoms with Gasteiger partial charge in [-0.2, -0.15) is 5.10 Å². The zero-order valence-corrected chi connectivity index (χ0v) is 9.81. The van der Waals surface area contributed by atoms with Crippen LogP contribution < -0.4 is 5.73 Å². The Morgan fingerprint density at radius 3 is 2.94 bits per heavy atom. The van der Waals surface area contributed by atoms with Crippen molar-refractivity contribution in [2.75, 3.05) is 13.1 Å². The van der Waals surface area contributed by atoms with Gasteiger partial charge in [0.25, 0.3) is 5.91 Å². The van der Waals surface area contributed by atoms with Gasteiger partial charge in [-0.15, -0.1) is 0 Å². The second kappa shape index (κ2) is 4.25. The summed E-state index contributed by atoms with van der Waals surface area (Å²) < 4.78 is 1.66. The summed E-state index contributed by atoms with van der Waals surface area (Å²) in [6.45, 7) is 3.44. The number of hydrogen-bond donors (Lipinski definition) is 1. The molecule has 0 aliphatic carbocycles. The third-order valence-corrected chi connectivity index (χ3v) is 3.02. The van der Waals surface area contributed by atoms with Crippen LogP contribution >= 0.6 is 0 Å². The van der Waals surface area contributed by atoms with Gasteiger partial charge in [0.15, 0.2) is 0 Å². The van der Waals surface area contributed by atoms with E-state index in [0.29, 0.717) is 12.2 Å². The van der Waals surface area contributed by atoms with Crippen molar-refractivity contribution in [2.24, 2.45) is 12.8 Å². The predicted molar refractivity (Wildman–Crippen MR) is 61.1 cm³/mol. The van der Waals surface area contributed by atoms with Crippen LogP contribution in [0.15, 0.2) is 6.07 Å². The first-order valence-corrected chi connectivity index (χ1v) is 5.69. The molecule has 2 N–H and O–H groups in total. The van der Waals surface area contributed by atoms with E-state index in [4.69, 9.17) is 5.73 Å². The van der Waals surface area contributed by atoms with E-state index in [2.05, 4.69) is 5.10 Å². The van der Waals surface area contributed by atoms with Crippen molar-refractivity contribution in [3.05, 3.63) is 17.5 Å². The maximum absolute atomic E-state index is 12.2. The van der Waals surface area contributed by atoms with Crippen LogP contribution in [0, 0.1) is 0 Å². The van der Waals surface area contributed by atoms with Crippen LogP contribution in [-0.2, 0) is 13.5 Å². The Morgan fingerprint density at radius 2 is 2.44 bits per heavy atom. The number of aryl methyl sites for hydroxylation is 2. The number of carbonyl (C=O) groups excluding carboxylic acids is 1. The predicted octanol–water partition coefficient (Wildman–Crippen LogP) is 0.156. The average Bonchev–Trinajstić information content (AvgIpc) is 2.83. The summed E-state index contributed by atoms with van der Waals surface area (Å²) in [5, 5.41) is 4.28. The Labute approximate surface area is 95.2 Å². The van der Waals surface area contributed by atoms with Gasteiger partial charge in [-0.3, -0.25) is 9.48 Å². The van der Waals surface area contributed by atoms with Crippen molar-refractivity contribution in [1.82, 2.24) is 14.7 Å². The molecular formula is C11H18N4O. The molecule has 1 aromatic heterocycles. The van der Waals surface area contributed by atoms with Gasteiger partial charge < -0.3 is 10.6 Å². The van der Waals surface area contributed by atoms with Crippen LogP contribution in [0.25, 0.3) is 0 Å². The third-order valence-electron chi connectivity index (χ3n) is 3.02. The summed E-state index contributed by atoms with van der Waals surface area (Å²) >= 11 is 0. The first kappa shape index (κ1) is 11.1. The highest BCUT2D eigenvalue weighted by Crippen LogP contribution is 2.13. The first-order chi connectivity index (χ1) is 7.61. The van der Waals surface area contributed by atoms with E-state index in [-0.39, 0.29) is 11.9 Å². The second-order valence-electron chi connectivity index (χ2n) is 4.30. The molecule has 0 spiro atoms. The molecule has 88 valence electrons. The minimum absolute atomic E-state index is 0.0441. The van der Waals surface area contributed by atoms with Crippen molar-refractivity contribution >= 4 is 5.91 Å². The number of carbonyl (C=O) groups is 1. The van der Waals surface area contributed by atoms with E-state index in [1.807, 2.05) is 20.0 Å². The van der Waals surface area contributed by atoms with E-state index in [1.54, 1.807) is 9.58 Å². The lowest BCUT2D eigenvalue weighted by molar-refractivity contribution is 0.0780. The topological polar surface area (TPSA) is 64.2 Å². The van der Waals surface area contributed by atoms with Crippen LogP contribution in [0.2, 0.25) is 0 Å². The van der Waals surface area contributed by atoms with Gasteiger partial charge in [-0.25, -0.2) is 0 Å². The number of nitrogens with zero attached hydrogens (tertiary/aromatic N) is 3. The van der Waals surface area contributed by atoms with Gasteiger partial charge in [0.1, 0.15) is 5.69 Å². The molecule has 1 aromatic rings. The van der Waals surface area contributed by atoms with Crippen LogP contribution in [0.3, 0.4) is 0 Å². The monoisotopic (exact) mass is 222 g/mol. The number of hydrogen-bond acceptors (Lipinski definition) is 3. The zero-order chi connectivity index (χ0) is 11.7. The van der Waals surface area contributed by atoms with Crippen molar-refractivity contribution in [2.45, 2.75) is 25.8 Å². The van der Waals surface area contributed by atoms with Gasteiger partial charge in [-0.1, -0.05) is 6.92 Å². The fraction of sp³-hybridized carbons (Fsp3) is 0.636. The highest BCUT2D eigenvalue weighted by Gasteiger charge is 2.26. The molecule has 1 atom stereocenters. The van der Waals surface area contributed by atoms with Gasteiger partial charge in [0, 0.05) is 26.2 Å². The second-order valence-corrected chi connectivity index (χ2v) is 4.30. The standard InChI is InChI=1S/C11H18N4O/c1-3-9-6-10(14(2)13-9)11(16)15-5-4-8(12)7-15/h6,8H,3-5,7,12H2,1-2H3. The molecule has 5 nitrogen and oxygen atoms in total. The van der Waals surface area contributed by atoms with Gasteiger partial charge in [0.05, 0.1) is 5.69 Å². The number of rotatable bonds is 2. The summed E-state index contributed by atoms with van der Waals surface area (Å²) in [6, 6.07) is 1.99. The average molecular weight is 222 g/mol. The highest BCUT2D eigenvalue weighted by molar-refractivity contribution is 5.92. The minimum atomic E-state index is 0.0441. The molecule has 5 heteroatoms. The SMILES string of the molecule is CCc1cc(C(=O)N2CCC(N)C2)n(C)n1. The largest absolute Gasteiger partial charge is 0.336 e. The molecule has 2 rings (SSSR count). The van der Waals surface area contributed by atoms with Crippen molar-refractivity contribution < 1.29 is 4.79 Å². The number of likely N-dealkylation sites (tertiary alicyclic amines) is 1. The van der Waals surface area contributed by atoms with E-state index in [0.717, 1.165) is 25.1 Å². The molecular weight excluding hydrogens is 204 g/mol. The van der Waals surface area contributed by atoms with Gasteiger partial charge in [-0.05, 0) is 18.9 Å². The van der Waals surface area contributed by atoms with Crippen LogP contribution in [0.5, 0.6) is 0 Å². The summed E-state index contributed by atoms with van der Waals surface area (Å²) in [4.78, 5) is 14.0. The van der Waals surface area contributed by atoms with E-state index >= 15 is 0 Å². The smallest absolute Gasteiger partial charge is 0.272 e. The van der Waals surface area contributed by atoms with E-state index < -0.39 is 0 Å². The van der Waals surface area contributed by atoms with Crippen molar-refractivity contribution in [1.29, 1.82) is 0 Å². The maximum Gasteiger partial charge on any atom is 0.272 e. The van der Waals surface area contributed by atoms with Crippen LogP contribution in [0.1, 0.15) is 29.5 Å². The molecule has 0 radical (unpaired) electrons. The normalized spacial score (nSPS) is 20.4. The zero-order valence-electron chi connectivity index (χ0n) is 9.81. The Bertz CT molecular complexity index is 399. The lowest BCUT2D eigenvalue weighted by Crippen LogP contribution is -2.33. The lowest BCUT2D eigenvalue weighted by atomic mass is 10.3. The number of nitrogens with two attached hydrogens (primary N) is 1. The molecule has 0 aromatic carbocycles. The lowest BCUT2D eigenvalue weighted by Gasteiger charge is -2.15. The number of amides is 1. The number of aromatic nitrogens is 2. The Balaban J connectivity index is 2.17. The first-order valence-electron chi connectivity index (χ1n) is 5.69. The molecule has 1 unspecified atom stereocenters. The quantitative estimate of drug-likeness (QED) is 0.775. The molecule has 1 fully saturated rings. The molecule has 1 amide bonds. The summed E-state index contributed by atoms with van der Waals surface area (Å²) in [7, 11) is 1.81.